The molecule has 2 atom stereocenters. The van der Waals surface area contributed by atoms with Gasteiger partial charge in [0.2, 0.25) is 5.91 Å². The number of carbonyl (C=O) groups excluding carboxylic acids is 2. The number of urea groups is 1. The molecule has 0 radical (unpaired) electrons. The molecule has 2 aromatic carbocycles. The normalized spacial score (nSPS) is 18.3. The Morgan fingerprint density at radius 1 is 0.949 bits per heavy atom. The fourth-order valence-electron chi connectivity index (χ4n) is 4.69. The van der Waals surface area contributed by atoms with E-state index in [0.717, 1.165) is 0 Å². The van der Waals surface area contributed by atoms with Gasteiger partial charge in [-0.2, -0.15) is 26.3 Å². The van der Waals surface area contributed by atoms with Gasteiger partial charge in [0.05, 0.1) is 29.2 Å². The molecule has 2 N–H and O–H groups in total. The molecule has 0 saturated carbocycles. The smallest absolute Gasteiger partial charge is 0.395 e. The number of aliphatic hydroxyl groups excluding tert-OH is 1. The fraction of sp³-hybridized carbons (Fsp3) is 0.462. The second-order valence-electron chi connectivity index (χ2n) is 9.92. The summed E-state index contributed by atoms with van der Waals surface area (Å²) in [6.45, 7) is 2.19. The van der Waals surface area contributed by atoms with Crippen molar-refractivity contribution in [2.75, 3.05) is 33.3 Å². The molecule has 1 aliphatic rings. The third-order valence-electron chi connectivity index (χ3n) is 6.92. The average molecular weight is 564 g/mol. The van der Waals surface area contributed by atoms with Gasteiger partial charge in [0.15, 0.2) is 0 Å². The summed E-state index contributed by atoms with van der Waals surface area (Å²) in [7, 11) is 1.36. The van der Waals surface area contributed by atoms with Crippen molar-refractivity contribution in [1.29, 1.82) is 0 Å². The molecular formula is C26H28F7N3O3. The number of benzene rings is 2. The van der Waals surface area contributed by atoms with E-state index in [0.29, 0.717) is 17.7 Å². The highest BCUT2D eigenvalue weighted by Gasteiger charge is 2.45. The molecule has 0 aliphatic carbocycles. The number of carbonyl (C=O) groups is 2. The van der Waals surface area contributed by atoms with Crippen molar-refractivity contribution < 1.29 is 45.4 Å². The first-order valence-corrected chi connectivity index (χ1v) is 11.9. The van der Waals surface area contributed by atoms with E-state index in [1.54, 1.807) is 0 Å². The number of alkyl halides is 6. The molecule has 2 aromatic rings. The van der Waals surface area contributed by atoms with Crippen LogP contribution in [0.1, 0.15) is 42.0 Å². The van der Waals surface area contributed by atoms with Crippen molar-refractivity contribution in [3.63, 3.8) is 0 Å². The maximum absolute atomic E-state index is 13.7. The minimum atomic E-state index is -5.08. The topological polar surface area (TPSA) is 72.9 Å². The summed E-state index contributed by atoms with van der Waals surface area (Å²) in [5, 5.41) is 11.5. The van der Waals surface area contributed by atoms with E-state index in [9.17, 15) is 40.3 Å². The van der Waals surface area contributed by atoms with Crippen LogP contribution in [-0.2, 0) is 22.6 Å². The molecule has 0 spiro atoms. The van der Waals surface area contributed by atoms with Crippen LogP contribution in [0, 0.1) is 5.82 Å². The van der Waals surface area contributed by atoms with Crippen LogP contribution in [0.3, 0.4) is 0 Å². The van der Waals surface area contributed by atoms with Gasteiger partial charge in [-0.25, -0.2) is 9.18 Å². The average Bonchev–Trinajstić information content (AvgIpc) is 3.31. The molecular weight excluding hydrogens is 535 g/mol. The van der Waals surface area contributed by atoms with Crippen molar-refractivity contribution in [2.45, 2.75) is 43.6 Å². The van der Waals surface area contributed by atoms with Crippen LogP contribution in [0.2, 0.25) is 0 Å². The van der Waals surface area contributed by atoms with Crippen LogP contribution in [0.5, 0.6) is 0 Å². The van der Waals surface area contributed by atoms with Crippen LogP contribution in [0.15, 0.2) is 42.5 Å². The first kappa shape index (κ1) is 30.2. The number of nitrogens with zero attached hydrogens (tertiary/aromatic N) is 2. The van der Waals surface area contributed by atoms with E-state index >= 15 is 0 Å². The zero-order chi connectivity index (χ0) is 29.3. The molecule has 6 nitrogen and oxygen atoms in total. The largest absolute Gasteiger partial charge is 0.416 e. The van der Waals surface area contributed by atoms with Gasteiger partial charge in [-0.3, -0.25) is 4.79 Å². The molecule has 1 saturated heterocycles. The van der Waals surface area contributed by atoms with Gasteiger partial charge in [0.1, 0.15) is 5.82 Å². The monoisotopic (exact) mass is 563 g/mol. The number of amides is 3. The van der Waals surface area contributed by atoms with Crippen LogP contribution in [0.4, 0.5) is 35.5 Å². The zero-order valence-electron chi connectivity index (χ0n) is 21.3. The highest BCUT2D eigenvalue weighted by Crippen LogP contribution is 2.40. The molecule has 39 heavy (non-hydrogen) atoms. The zero-order valence-corrected chi connectivity index (χ0v) is 21.3. The van der Waals surface area contributed by atoms with E-state index in [2.05, 4.69) is 5.32 Å². The lowest BCUT2D eigenvalue weighted by atomic mass is 9.80. The van der Waals surface area contributed by atoms with Crippen molar-refractivity contribution in [3.8, 4) is 0 Å². The Morgan fingerprint density at radius 2 is 1.46 bits per heavy atom. The second kappa shape index (κ2) is 11.0. The maximum Gasteiger partial charge on any atom is 0.416 e. The third-order valence-corrected chi connectivity index (χ3v) is 6.92. The maximum atomic E-state index is 13.7. The number of halogens is 7. The minimum Gasteiger partial charge on any atom is -0.395 e. The first-order valence-electron chi connectivity index (χ1n) is 11.9. The Morgan fingerprint density at radius 3 is 1.95 bits per heavy atom. The van der Waals surface area contributed by atoms with Crippen LogP contribution >= 0.6 is 0 Å². The Kier molecular flexibility index (Phi) is 8.54. The molecule has 1 fully saturated rings. The van der Waals surface area contributed by atoms with E-state index in [1.165, 1.54) is 55.0 Å². The number of likely N-dealkylation sites (tertiary alicyclic amines) is 1. The minimum absolute atomic E-state index is 0.00181. The van der Waals surface area contributed by atoms with Gasteiger partial charge < -0.3 is 20.2 Å². The molecule has 1 heterocycles. The quantitative estimate of drug-likeness (QED) is 0.498. The molecule has 13 heteroatoms. The van der Waals surface area contributed by atoms with Crippen molar-refractivity contribution in [1.82, 2.24) is 15.1 Å². The van der Waals surface area contributed by atoms with Gasteiger partial charge in [0.25, 0.3) is 0 Å². The number of likely N-dealkylation sites (N-methyl/N-ethyl adjacent to an activating group) is 1. The van der Waals surface area contributed by atoms with E-state index < -0.39 is 64.2 Å². The van der Waals surface area contributed by atoms with Gasteiger partial charge in [0, 0.05) is 32.6 Å². The van der Waals surface area contributed by atoms with E-state index in [4.69, 9.17) is 5.11 Å². The Hall–Kier alpha value is -3.35. The van der Waals surface area contributed by atoms with Crippen LogP contribution in [0.25, 0.3) is 0 Å². The SMILES string of the molecule is CN(C(=O)C(C)(C)c1cc(C(F)(F)F)cc(C(F)(F)F)c1)[C@@H]1CN(C(=O)NCCO)C[C@H]1c1ccc(F)cc1. The van der Waals surface area contributed by atoms with Gasteiger partial charge in [-0.15, -0.1) is 0 Å². The first-order chi connectivity index (χ1) is 18.0. The highest BCUT2D eigenvalue weighted by molar-refractivity contribution is 5.88. The Balaban J connectivity index is 2.00. The van der Waals surface area contributed by atoms with Crippen LogP contribution in [-0.4, -0.2) is 66.2 Å². The molecule has 0 unspecified atom stereocenters. The standard InChI is InChI=1S/C26H28F7N3O3/c1-24(2,16-10-17(25(28,29)30)12-18(11-16)26(31,32)33)22(38)35(3)21-14-36(23(39)34-8-9-37)13-20(21)15-4-6-19(27)7-5-15/h4-7,10-12,20-21,37H,8-9,13-14H2,1-3H3,(H,34,39)/t20-,21+/m0/s1. The fourth-order valence-corrected chi connectivity index (χ4v) is 4.69. The summed E-state index contributed by atoms with van der Waals surface area (Å²) < 4.78 is 94.3. The molecule has 3 amide bonds. The highest BCUT2D eigenvalue weighted by atomic mass is 19.4. The van der Waals surface area contributed by atoms with E-state index in [-0.39, 0.29) is 32.3 Å². The third kappa shape index (κ3) is 6.63. The number of nitrogens with one attached hydrogen (secondary N) is 1. The van der Waals surface area contributed by atoms with Gasteiger partial charge >= 0.3 is 18.4 Å². The molecule has 0 bridgehead atoms. The summed E-state index contributed by atoms with van der Waals surface area (Å²) in [5.74, 6) is -1.83. The molecule has 1 aliphatic heterocycles. The Labute approximate surface area is 220 Å². The lowest BCUT2D eigenvalue weighted by Gasteiger charge is -2.36. The molecule has 214 valence electrons. The predicted molar refractivity (Wildman–Crippen MR) is 127 cm³/mol. The summed E-state index contributed by atoms with van der Waals surface area (Å²) >= 11 is 0. The molecule has 0 aromatic heterocycles. The lowest BCUT2D eigenvalue weighted by Crippen LogP contribution is -2.49. The number of hydrogen-bond acceptors (Lipinski definition) is 3. The van der Waals surface area contributed by atoms with Gasteiger partial charge in [-0.1, -0.05) is 12.1 Å². The number of aliphatic hydroxyl groups is 1. The summed E-state index contributed by atoms with van der Waals surface area (Å²) in [5.41, 5.74) is -4.79. The number of hydrogen-bond donors (Lipinski definition) is 2. The van der Waals surface area contributed by atoms with E-state index in [1.807, 2.05) is 0 Å². The lowest BCUT2D eigenvalue weighted by molar-refractivity contribution is -0.144. The second-order valence-corrected chi connectivity index (χ2v) is 9.92. The summed E-state index contributed by atoms with van der Waals surface area (Å²) in [4.78, 5) is 28.9. The number of rotatable bonds is 6. The predicted octanol–water partition coefficient (Wildman–Crippen LogP) is 4.77. The van der Waals surface area contributed by atoms with Crippen LogP contribution < -0.4 is 5.32 Å². The molecule has 3 rings (SSSR count). The summed E-state index contributed by atoms with van der Waals surface area (Å²) in [6, 6.07) is 5.15. The van der Waals surface area contributed by atoms with Crippen molar-refractivity contribution in [3.05, 3.63) is 70.5 Å². The van der Waals surface area contributed by atoms with Crippen molar-refractivity contribution >= 4 is 11.9 Å². The van der Waals surface area contributed by atoms with Crippen molar-refractivity contribution in [2.24, 2.45) is 0 Å². The van der Waals surface area contributed by atoms with Gasteiger partial charge in [-0.05, 0) is 55.3 Å². The summed E-state index contributed by atoms with van der Waals surface area (Å²) in [6.07, 6.45) is -10.2. The Bertz CT molecular complexity index is 1160.